The predicted molar refractivity (Wildman–Crippen MR) is 68.2 cm³/mol. The standard InChI is InChI=1S/C13H18N4/c1-10-4-3-5-11(8-10)9-13(15-14)12-6-7-17(2)16-12/h3-8,13,15H,9,14H2,1-2H3. The van der Waals surface area contributed by atoms with Crippen LogP contribution in [0.4, 0.5) is 0 Å². The summed E-state index contributed by atoms with van der Waals surface area (Å²) in [6, 6.07) is 10.5. The highest BCUT2D eigenvalue weighted by atomic mass is 15.3. The van der Waals surface area contributed by atoms with E-state index in [-0.39, 0.29) is 6.04 Å². The van der Waals surface area contributed by atoms with E-state index in [0.717, 1.165) is 12.1 Å². The van der Waals surface area contributed by atoms with Gasteiger partial charge in [-0.25, -0.2) is 0 Å². The first-order valence-corrected chi connectivity index (χ1v) is 5.70. The number of hydrogen-bond acceptors (Lipinski definition) is 3. The molecule has 0 fully saturated rings. The van der Waals surface area contributed by atoms with Gasteiger partial charge in [0.1, 0.15) is 0 Å². The van der Waals surface area contributed by atoms with Crippen molar-refractivity contribution in [1.82, 2.24) is 15.2 Å². The first-order chi connectivity index (χ1) is 8.19. The summed E-state index contributed by atoms with van der Waals surface area (Å²) < 4.78 is 1.79. The molecule has 0 aliphatic rings. The fraction of sp³-hybridized carbons (Fsp3) is 0.308. The topological polar surface area (TPSA) is 55.9 Å². The number of nitrogens with zero attached hydrogens (tertiary/aromatic N) is 2. The maximum atomic E-state index is 5.60. The number of hydrazine groups is 1. The molecule has 1 heterocycles. The average Bonchev–Trinajstić information content (AvgIpc) is 2.73. The number of benzene rings is 1. The number of aromatic nitrogens is 2. The van der Waals surface area contributed by atoms with E-state index in [2.05, 4.69) is 41.7 Å². The Morgan fingerprint density at radius 1 is 1.41 bits per heavy atom. The molecule has 1 aromatic heterocycles. The van der Waals surface area contributed by atoms with E-state index in [1.807, 2.05) is 19.3 Å². The molecule has 1 aromatic carbocycles. The maximum Gasteiger partial charge on any atom is 0.0810 e. The molecule has 0 aliphatic heterocycles. The average molecular weight is 230 g/mol. The molecule has 17 heavy (non-hydrogen) atoms. The van der Waals surface area contributed by atoms with Crippen LogP contribution in [-0.2, 0) is 13.5 Å². The number of hydrogen-bond donors (Lipinski definition) is 2. The normalized spacial score (nSPS) is 12.6. The Kier molecular flexibility index (Phi) is 3.56. The summed E-state index contributed by atoms with van der Waals surface area (Å²) in [5, 5.41) is 4.37. The third-order valence-electron chi connectivity index (χ3n) is 2.81. The van der Waals surface area contributed by atoms with Crippen LogP contribution in [0.1, 0.15) is 22.9 Å². The third kappa shape index (κ3) is 2.93. The lowest BCUT2D eigenvalue weighted by molar-refractivity contribution is 0.529. The van der Waals surface area contributed by atoms with Crippen molar-refractivity contribution in [3.8, 4) is 0 Å². The monoisotopic (exact) mass is 230 g/mol. The molecular weight excluding hydrogens is 212 g/mol. The Morgan fingerprint density at radius 3 is 2.82 bits per heavy atom. The number of rotatable bonds is 4. The predicted octanol–water partition coefficient (Wildman–Crippen LogP) is 1.48. The van der Waals surface area contributed by atoms with Crippen LogP contribution in [-0.4, -0.2) is 9.78 Å². The summed E-state index contributed by atoms with van der Waals surface area (Å²) >= 11 is 0. The van der Waals surface area contributed by atoms with Crippen molar-refractivity contribution in [3.63, 3.8) is 0 Å². The van der Waals surface area contributed by atoms with Crippen molar-refractivity contribution in [2.24, 2.45) is 12.9 Å². The Labute approximate surface area is 101 Å². The summed E-state index contributed by atoms with van der Waals surface area (Å²) in [4.78, 5) is 0. The van der Waals surface area contributed by atoms with E-state index in [1.54, 1.807) is 4.68 Å². The van der Waals surface area contributed by atoms with Crippen molar-refractivity contribution >= 4 is 0 Å². The van der Waals surface area contributed by atoms with E-state index in [1.165, 1.54) is 11.1 Å². The van der Waals surface area contributed by atoms with Crippen molar-refractivity contribution < 1.29 is 0 Å². The first-order valence-electron chi connectivity index (χ1n) is 5.70. The van der Waals surface area contributed by atoms with Crippen LogP contribution in [0.15, 0.2) is 36.5 Å². The molecular formula is C13H18N4. The molecule has 3 N–H and O–H groups in total. The van der Waals surface area contributed by atoms with E-state index >= 15 is 0 Å². The molecule has 2 aromatic rings. The van der Waals surface area contributed by atoms with Gasteiger partial charge < -0.3 is 0 Å². The lowest BCUT2D eigenvalue weighted by Gasteiger charge is -2.13. The van der Waals surface area contributed by atoms with Gasteiger partial charge in [-0.05, 0) is 25.0 Å². The second-order valence-corrected chi connectivity index (χ2v) is 4.33. The molecule has 0 amide bonds. The summed E-state index contributed by atoms with van der Waals surface area (Å²) in [7, 11) is 1.91. The van der Waals surface area contributed by atoms with Crippen LogP contribution < -0.4 is 11.3 Å². The SMILES string of the molecule is Cc1cccc(CC(NN)c2ccn(C)n2)c1. The molecule has 90 valence electrons. The lowest BCUT2D eigenvalue weighted by Crippen LogP contribution is -2.30. The van der Waals surface area contributed by atoms with Gasteiger partial charge >= 0.3 is 0 Å². The minimum atomic E-state index is 0.0537. The van der Waals surface area contributed by atoms with Gasteiger partial charge in [-0.2, -0.15) is 5.10 Å². The lowest BCUT2D eigenvalue weighted by atomic mass is 10.0. The Morgan fingerprint density at radius 2 is 2.24 bits per heavy atom. The minimum Gasteiger partial charge on any atom is -0.275 e. The van der Waals surface area contributed by atoms with E-state index in [9.17, 15) is 0 Å². The van der Waals surface area contributed by atoms with Crippen molar-refractivity contribution in [1.29, 1.82) is 0 Å². The quantitative estimate of drug-likeness (QED) is 0.618. The van der Waals surface area contributed by atoms with Gasteiger partial charge in [0, 0.05) is 13.2 Å². The first kappa shape index (κ1) is 11.8. The van der Waals surface area contributed by atoms with Crippen molar-refractivity contribution in [3.05, 3.63) is 53.3 Å². The second kappa shape index (κ2) is 5.12. The largest absolute Gasteiger partial charge is 0.275 e. The summed E-state index contributed by atoms with van der Waals surface area (Å²) in [5.74, 6) is 5.60. The molecule has 0 bridgehead atoms. The highest BCUT2D eigenvalue weighted by Gasteiger charge is 2.13. The van der Waals surface area contributed by atoms with Crippen LogP contribution in [0.3, 0.4) is 0 Å². The van der Waals surface area contributed by atoms with Gasteiger partial charge in [-0.1, -0.05) is 29.8 Å². The van der Waals surface area contributed by atoms with Crippen molar-refractivity contribution in [2.45, 2.75) is 19.4 Å². The fourth-order valence-electron chi connectivity index (χ4n) is 1.94. The van der Waals surface area contributed by atoms with Crippen LogP contribution in [0.25, 0.3) is 0 Å². The zero-order valence-corrected chi connectivity index (χ0v) is 10.2. The molecule has 0 radical (unpaired) electrons. The van der Waals surface area contributed by atoms with E-state index < -0.39 is 0 Å². The molecule has 2 rings (SSSR count). The molecule has 0 saturated heterocycles. The highest BCUT2D eigenvalue weighted by molar-refractivity contribution is 5.24. The summed E-state index contributed by atoms with van der Waals surface area (Å²) in [6.45, 7) is 2.09. The van der Waals surface area contributed by atoms with E-state index in [0.29, 0.717) is 0 Å². The third-order valence-corrected chi connectivity index (χ3v) is 2.81. The molecule has 1 unspecified atom stereocenters. The van der Waals surface area contributed by atoms with Crippen LogP contribution >= 0.6 is 0 Å². The van der Waals surface area contributed by atoms with Gasteiger partial charge in [0.05, 0.1) is 11.7 Å². The molecule has 4 nitrogen and oxygen atoms in total. The molecule has 1 atom stereocenters. The molecule has 0 aliphatic carbocycles. The zero-order chi connectivity index (χ0) is 12.3. The Balaban J connectivity index is 2.15. The van der Waals surface area contributed by atoms with Crippen LogP contribution in [0.5, 0.6) is 0 Å². The summed E-state index contributed by atoms with van der Waals surface area (Å²) in [6.07, 6.45) is 2.77. The molecule has 0 saturated carbocycles. The van der Waals surface area contributed by atoms with Crippen LogP contribution in [0.2, 0.25) is 0 Å². The number of nitrogens with one attached hydrogen (secondary N) is 1. The summed E-state index contributed by atoms with van der Waals surface area (Å²) in [5.41, 5.74) is 6.32. The highest BCUT2D eigenvalue weighted by Crippen LogP contribution is 2.16. The number of nitrogens with two attached hydrogens (primary N) is 1. The maximum absolute atomic E-state index is 5.60. The smallest absolute Gasteiger partial charge is 0.0810 e. The van der Waals surface area contributed by atoms with E-state index in [4.69, 9.17) is 5.84 Å². The number of aryl methyl sites for hydroxylation is 2. The van der Waals surface area contributed by atoms with Gasteiger partial charge in [0.2, 0.25) is 0 Å². The molecule has 4 heteroatoms. The second-order valence-electron chi connectivity index (χ2n) is 4.33. The molecule has 0 spiro atoms. The zero-order valence-electron chi connectivity index (χ0n) is 10.2. The van der Waals surface area contributed by atoms with Crippen LogP contribution in [0, 0.1) is 6.92 Å². The Bertz CT molecular complexity index is 490. The van der Waals surface area contributed by atoms with Gasteiger partial charge in [-0.3, -0.25) is 16.0 Å². The Hall–Kier alpha value is -1.65. The van der Waals surface area contributed by atoms with Gasteiger partial charge in [0.15, 0.2) is 0 Å². The minimum absolute atomic E-state index is 0.0537. The van der Waals surface area contributed by atoms with Crippen molar-refractivity contribution in [2.75, 3.05) is 0 Å². The van der Waals surface area contributed by atoms with Gasteiger partial charge in [-0.15, -0.1) is 0 Å². The van der Waals surface area contributed by atoms with Gasteiger partial charge in [0.25, 0.3) is 0 Å². The fourth-order valence-corrected chi connectivity index (χ4v) is 1.94.